The molecule has 6 aromatic carbocycles. The van der Waals surface area contributed by atoms with Gasteiger partial charge in [-0.1, -0.05) is 164 Å². The lowest BCUT2D eigenvalue weighted by molar-refractivity contribution is 0.670. The molecule has 0 N–H and O–H groups in total. The molecule has 0 spiro atoms. The van der Waals surface area contributed by atoms with Gasteiger partial charge in [0.1, 0.15) is 19.0 Å². The van der Waals surface area contributed by atoms with Gasteiger partial charge in [0.25, 0.3) is 0 Å². The van der Waals surface area contributed by atoms with Crippen LogP contribution < -0.4 is 5.46 Å². The van der Waals surface area contributed by atoms with Crippen molar-refractivity contribution in [3.63, 3.8) is 0 Å². The molecule has 0 bridgehead atoms. The minimum absolute atomic E-state index is 0.752. The van der Waals surface area contributed by atoms with Gasteiger partial charge in [-0.15, -0.1) is 0 Å². The van der Waals surface area contributed by atoms with Gasteiger partial charge in [-0.2, -0.15) is 0 Å². The largest absolute Gasteiger partial charge is 0.455 e. The van der Waals surface area contributed by atoms with Crippen LogP contribution in [0.2, 0.25) is 0 Å². The van der Waals surface area contributed by atoms with Crippen LogP contribution in [0.25, 0.3) is 71.3 Å². The predicted octanol–water partition coefficient (Wildman–Crippen LogP) is 12.2. The fourth-order valence-electron chi connectivity index (χ4n) is 6.88. The van der Waals surface area contributed by atoms with E-state index < -0.39 is 0 Å². The molecule has 0 aliphatic heterocycles. The Hall–Kier alpha value is -5.86. The molecule has 0 saturated heterocycles. The fraction of sp³-hybridized carbons (Fsp3) is 0.0435. The second kappa shape index (κ2) is 13.1. The smallest absolute Gasteiger partial charge is 0.143 e. The zero-order chi connectivity index (χ0) is 33.2. The first kappa shape index (κ1) is 30.8. The summed E-state index contributed by atoms with van der Waals surface area (Å²) >= 11 is 0. The number of hydrogen-bond acceptors (Lipinski definition) is 1. The maximum Gasteiger partial charge on any atom is 0.143 e. The summed E-state index contributed by atoms with van der Waals surface area (Å²) in [5.41, 5.74) is 11.1. The van der Waals surface area contributed by atoms with Crippen LogP contribution in [0, 0.1) is 0 Å². The lowest BCUT2D eigenvalue weighted by Gasteiger charge is -2.19. The molecule has 7 rings (SSSR count). The average Bonchev–Trinajstić information content (AvgIpc) is 3.51. The van der Waals surface area contributed by atoms with E-state index in [0.29, 0.717) is 0 Å². The van der Waals surface area contributed by atoms with Gasteiger partial charge in [-0.3, -0.25) is 0 Å². The molecule has 48 heavy (non-hydrogen) atoms. The van der Waals surface area contributed by atoms with Crippen LogP contribution in [0.15, 0.2) is 180 Å². The standard InChI is InChI=1S/C46H35BO/c1-5-8-17-31(6-2)30(4)28-29-32(7-3)34-22-16-27-41-44(34)39-25-14-24-38(46(39)48-41)43-36-21-13-12-20-35(36)42(33-18-10-9-11-19-33)45-37(43)23-15-26-40(45)47/h5-29H,2-3H2,1,4H3/b8-5-,30-28+,31-17+,32-29+. The lowest BCUT2D eigenvalue weighted by atomic mass is 9.80. The number of rotatable bonds is 8. The van der Waals surface area contributed by atoms with E-state index in [4.69, 9.17) is 12.3 Å². The molecule has 2 radical (unpaired) electrons. The van der Waals surface area contributed by atoms with Crippen LogP contribution in [-0.2, 0) is 0 Å². The lowest BCUT2D eigenvalue weighted by Crippen LogP contribution is -2.06. The number of para-hydroxylation sites is 1. The third kappa shape index (κ3) is 5.26. The maximum absolute atomic E-state index is 6.82. The Morgan fingerprint density at radius 2 is 1.33 bits per heavy atom. The Morgan fingerprint density at radius 3 is 2.08 bits per heavy atom. The van der Waals surface area contributed by atoms with Gasteiger partial charge in [0.15, 0.2) is 0 Å². The van der Waals surface area contributed by atoms with Gasteiger partial charge >= 0.3 is 0 Å². The molecule has 0 amide bonds. The Morgan fingerprint density at radius 1 is 0.646 bits per heavy atom. The molecular weight excluding hydrogens is 579 g/mol. The zero-order valence-electron chi connectivity index (χ0n) is 27.3. The van der Waals surface area contributed by atoms with E-state index in [-0.39, 0.29) is 0 Å². The number of hydrogen-bond donors (Lipinski definition) is 0. The minimum Gasteiger partial charge on any atom is -0.455 e. The van der Waals surface area contributed by atoms with Gasteiger partial charge in [0, 0.05) is 21.9 Å². The van der Waals surface area contributed by atoms with Crippen molar-refractivity contribution < 1.29 is 4.42 Å². The summed E-state index contributed by atoms with van der Waals surface area (Å²) in [6.45, 7) is 12.3. The summed E-state index contributed by atoms with van der Waals surface area (Å²) in [5.74, 6) is 0. The van der Waals surface area contributed by atoms with Crippen molar-refractivity contribution in [2.75, 3.05) is 0 Å². The molecule has 7 aromatic rings. The molecule has 0 atom stereocenters. The summed E-state index contributed by atoms with van der Waals surface area (Å²) in [6.07, 6.45) is 14.1. The highest BCUT2D eigenvalue weighted by Gasteiger charge is 2.21. The summed E-state index contributed by atoms with van der Waals surface area (Å²) in [6, 6.07) is 38.1. The summed E-state index contributed by atoms with van der Waals surface area (Å²) in [5, 5.41) is 6.57. The van der Waals surface area contributed by atoms with Gasteiger partial charge in [-0.25, -0.2) is 0 Å². The Kier molecular flexibility index (Phi) is 8.40. The fourth-order valence-corrected chi connectivity index (χ4v) is 6.88. The molecule has 1 heterocycles. The average molecular weight is 615 g/mol. The van der Waals surface area contributed by atoms with E-state index in [1.54, 1.807) is 0 Å². The van der Waals surface area contributed by atoms with Crippen molar-refractivity contribution in [1.82, 2.24) is 0 Å². The molecule has 1 aromatic heterocycles. The molecule has 228 valence electrons. The normalized spacial score (nSPS) is 12.9. The van der Waals surface area contributed by atoms with Gasteiger partial charge in [0.2, 0.25) is 0 Å². The summed E-state index contributed by atoms with van der Waals surface area (Å²) < 4.78 is 6.80. The quantitative estimate of drug-likeness (QED) is 0.0943. The van der Waals surface area contributed by atoms with Crippen LogP contribution in [-0.4, -0.2) is 7.85 Å². The first-order valence-electron chi connectivity index (χ1n) is 16.3. The SMILES string of the molecule is [B]c1cccc2c(-c3cccc4c3oc3cccc(/C(C=C)=C/C=C(C)/C(C=C)=C/C=C\C)c34)c3ccccc3c(-c3ccccc3)c12. The van der Waals surface area contributed by atoms with E-state index in [2.05, 4.69) is 123 Å². The van der Waals surface area contributed by atoms with E-state index in [1.807, 2.05) is 55.5 Å². The minimum atomic E-state index is 0.752. The van der Waals surface area contributed by atoms with Crippen LogP contribution >= 0.6 is 0 Å². The number of furan rings is 1. The molecule has 0 aliphatic carbocycles. The second-order valence-electron chi connectivity index (χ2n) is 11.9. The van der Waals surface area contributed by atoms with Gasteiger partial charge in [-0.05, 0) is 74.9 Å². The monoisotopic (exact) mass is 614 g/mol. The first-order chi connectivity index (χ1) is 23.5. The zero-order valence-corrected chi connectivity index (χ0v) is 27.3. The summed E-state index contributed by atoms with van der Waals surface area (Å²) in [7, 11) is 6.82. The van der Waals surface area contributed by atoms with Crippen molar-refractivity contribution in [2.45, 2.75) is 13.8 Å². The van der Waals surface area contributed by atoms with Crippen LogP contribution in [0.1, 0.15) is 19.4 Å². The van der Waals surface area contributed by atoms with Crippen molar-refractivity contribution in [2.24, 2.45) is 0 Å². The number of benzene rings is 6. The van der Waals surface area contributed by atoms with Crippen molar-refractivity contribution in [3.8, 4) is 22.3 Å². The van der Waals surface area contributed by atoms with Crippen molar-refractivity contribution in [1.29, 1.82) is 0 Å². The second-order valence-corrected chi connectivity index (χ2v) is 11.9. The third-order valence-electron chi connectivity index (χ3n) is 9.12. The van der Waals surface area contributed by atoms with Crippen molar-refractivity contribution in [3.05, 3.63) is 182 Å². The number of fused-ring (bicyclic) bond motifs is 5. The maximum atomic E-state index is 6.82. The summed E-state index contributed by atoms with van der Waals surface area (Å²) in [4.78, 5) is 0. The highest BCUT2D eigenvalue weighted by Crippen LogP contribution is 2.46. The molecular formula is C46H35BO. The predicted molar refractivity (Wildman–Crippen MR) is 210 cm³/mol. The van der Waals surface area contributed by atoms with Crippen molar-refractivity contribution >= 4 is 62.4 Å². The van der Waals surface area contributed by atoms with Gasteiger partial charge < -0.3 is 4.42 Å². The van der Waals surface area contributed by atoms with E-state index in [1.165, 1.54) is 0 Å². The number of allylic oxidation sites excluding steroid dienone is 10. The molecule has 0 fully saturated rings. The van der Waals surface area contributed by atoms with Gasteiger partial charge in [0.05, 0.1) is 0 Å². The van der Waals surface area contributed by atoms with E-state index in [0.717, 1.165) is 93.5 Å². The topological polar surface area (TPSA) is 13.1 Å². The third-order valence-corrected chi connectivity index (χ3v) is 9.12. The van der Waals surface area contributed by atoms with E-state index >= 15 is 0 Å². The molecule has 2 heteroatoms. The van der Waals surface area contributed by atoms with Crippen LogP contribution in [0.5, 0.6) is 0 Å². The highest BCUT2D eigenvalue weighted by atomic mass is 16.3. The van der Waals surface area contributed by atoms with E-state index in [9.17, 15) is 0 Å². The molecule has 1 nitrogen and oxygen atoms in total. The van der Waals surface area contributed by atoms with Crippen LogP contribution in [0.3, 0.4) is 0 Å². The Bertz CT molecular complexity index is 2500. The Balaban J connectivity index is 1.51. The molecule has 0 aliphatic rings. The first-order valence-corrected chi connectivity index (χ1v) is 16.3. The molecule has 0 unspecified atom stereocenters. The Labute approximate surface area is 283 Å². The molecule has 0 saturated carbocycles. The highest BCUT2D eigenvalue weighted by molar-refractivity contribution is 6.43. The van der Waals surface area contributed by atoms with Crippen LogP contribution in [0.4, 0.5) is 0 Å².